The first-order chi connectivity index (χ1) is 9.16. The fraction of sp³-hybridized carbons (Fsp3) is 0.333. The summed E-state index contributed by atoms with van der Waals surface area (Å²) in [7, 11) is 0. The predicted octanol–water partition coefficient (Wildman–Crippen LogP) is 3.71. The molecule has 4 heteroatoms. The molecule has 1 amide bonds. The van der Waals surface area contributed by atoms with Gasteiger partial charge in [-0.2, -0.15) is 4.37 Å². The quantitative estimate of drug-likeness (QED) is 0.925. The molecule has 2 unspecified atom stereocenters. The topological polar surface area (TPSA) is 42.0 Å². The molecule has 1 aliphatic carbocycles. The molecular formula is C15H16N2OS. The maximum Gasteiger partial charge on any atom is 0.228 e. The van der Waals surface area contributed by atoms with Crippen LogP contribution in [0.15, 0.2) is 30.3 Å². The lowest BCUT2D eigenvalue weighted by Gasteiger charge is -2.03. The normalized spacial score (nSPS) is 21.2. The maximum atomic E-state index is 12.0. The van der Waals surface area contributed by atoms with Crippen LogP contribution in [0, 0.1) is 18.8 Å². The number of carbonyl (C=O) groups excluding carboxylic acids is 1. The van der Waals surface area contributed by atoms with Crippen molar-refractivity contribution in [1.29, 1.82) is 0 Å². The van der Waals surface area contributed by atoms with Crippen molar-refractivity contribution in [3.8, 4) is 11.3 Å². The Bertz CT molecular complexity index is 606. The standard InChI is InChI=1S/C15H16N2OS/c1-9-8-12(9)14(18)16-15-10(2)13(17-19-15)11-6-4-3-5-7-11/h3-7,9,12H,8H2,1-2H3,(H,16,18). The van der Waals surface area contributed by atoms with Gasteiger partial charge >= 0.3 is 0 Å². The first kappa shape index (κ1) is 12.4. The number of hydrogen-bond acceptors (Lipinski definition) is 3. The third-order valence-electron chi connectivity index (χ3n) is 3.65. The molecule has 1 N–H and O–H groups in total. The molecular weight excluding hydrogens is 256 g/mol. The minimum Gasteiger partial charge on any atom is -0.316 e. The molecule has 1 aromatic carbocycles. The number of nitrogens with one attached hydrogen (secondary N) is 1. The molecule has 1 saturated carbocycles. The zero-order chi connectivity index (χ0) is 13.4. The van der Waals surface area contributed by atoms with Crippen molar-refractivity contribution < 1.29 is 4.79 Å². The van der Waals surface area contributed by atoms with Crippen molar-refractivity contribution in [2.24, 2.45) is 11.8 Å². The Morgan fingerprint density at radius 2 is 2.05 bits per heavy atom. The Labute approximate surface area is 116 Å². The molecule has 2 atom stereocenters. The highest BCUT2D eigenvalue weighted by molar-refractivity contribution is 7.10. The third kappa shape index (κ3) is 2.40. The maximum absolute atomic E-state index is 12.0. The van der Waals surface area contributed by atoms with E-state index in [1.54, 1.807) is 0 Å². The molecule has 1 fully saturated rings. The Hall–Kier alpha value is -1.68. The van der Waals surface area contributed by atoms with E-state index in [-0.39, 0.29) is 11.8 Å². The molecule has 0 radical (unpaired) electrons. The number of benzene rings is 1. The molecule has 0 saturated heterocycles. The summed E-state index contributed by atoms with van der Waals surface area (Å²) in [6.07, 6.45) is 1.01. The van der Waals surface area contributed by atoms with Gasteiger partial charge in [-0.25, -0.2) is 0 Å². The second-order valence-electron chi connectivity index (χ2n) is 5.16. The molecule has 19 heavy (non-hydrogen) atoms. The van der Waals surface area contributed by atoms with Crippen LogP contribution in [0.5, 0.6) is 0 Å². The molecule has 3 nitrogen and oxygen atoms in total. The van der Waals surface area contributed by atoms with E-state index in [1.807, 2.05) is 37.3 Å². The van der Waals surface area contributed by atoms with E-state index in [2.05, 4.69) is 16.6 Å². The molecule has 98 valence electrons. The minimum absolute atomic E-state index is 0.138. The molecule has 2 aromatic rings. The van der Waals surface area contributed by atoms with Gasteiger partial charge in [-0.1, -0.05) is 37.3 Å². The average molecular weight is 272 g/mol. The molecule has 1 aromatic heterocycles. The van der Waals surface area contributed by atoms with Gasteiger partial charge in [-0.05, 0) is 30.8 Å². The second-order valence-corrected chi connectivity index (χ2v) is 5.93. The van der Waals surface area contributed by atoms with E-state index < -0.39 is 0 Å². The molecule has 0 bridgehead atoms. The summed E-state index contributed by atoms with van der Waals surface area (Å²) < 4.78 is 4.46. The Morgan fingerprint density at radius 3 is 2.68 bits per heavy atom. The van der Waals surface area contributed by atoms with Crippen LogP contribution in [-0.2, 0) is 4.79 Å². The summed E-state index contributed by atoms with van der Waals surface area (Å²) in [6, 6.07) is 10.1. The highest BCUT2D eigenvalue weighted by atomic mass is 32.1. The van der Waals surface area contributed by atoms with Crippen LogP contribution in [0.4, 0.5) is 5.00 Å². The Kier molecular flexibility index (Phi) is 3.11. The first-order valence-corrected chi connectivity index (χ1v) is 7.26. The van der Waals surface area contributed by atoms with Crippen molar-refractivity contribution in [3.63, 3.8) is 0 Å². The fourth-order valence-corrected chi connectivity index (χ4v) is 3.01. The summed E-state index contributed by atoms with van der Waals surface area (Å²) in [5, 5.41) is 3.89. The van der Waals surface area contributed by atoms with E-state index in [1.165, 1.54) is 11.5 Å². The van der Waals surface area contributed by atoms with E-state index in [0.717, 1.165) is 28.2 Å². The average Bonchev–Trinajstić information content (AvgIpc) is 3.05. The smallest absolute Gasteiger partial charge is 0.228 e. The number of aromatic nitrogens is 1. The van der Waals surface area contributed by atoms with E-state index in [4.69, 9.17) is 0 Å². The van der Waals surface area contributed by atoms with Crippen molar-refractivity contribution in [3.05, 3.63) is 35.9 Å². The van der Waals surface area contributed by atoms with Crippen molar-refractivity contribution in [2.75, 3.05) is 5.32 Å². The predicted molar refractivity (Wildman–Crippen MR) is 78.2 cm³/mol. The van der Waals surface area contributed by atoms with E-state index in [9.17, 15) is 4.79 Å². The summed E-state index contributed by atoms with van der Waals surface area (Å²) in [4.78, 5) is 12.0. The third-order valence-corrected chi connectivity index (χ3v) is 4.52. The van der Waals surface area contributed by atoms with Gasteiger partial charge in [0, 0.05) is 17.0 Å². The van der Waals surface area contributed by atoms with Gasteiger partial charge in [-0.15, -0.1) is 0 Å². The Balaban J connectivity index is 1.81. The molecule has 1 aliphatic rings. The van der Waals surface area contributed by atoms with Crippen LogP contribution in [-0.4, -0.2) is 10.3 Å². The molecule has 3 rings (SSSR count). The summed E-state index contributed by atoms with van der Waals surface area (Å²) >= 11 is 1.36. The lowest BCUT2D eigenvalue weighted by molar-refractivity contribution is -0.117. The van der Waals surface area contributed by atoms with Crippen molar-refractivity contribution >= 4 is 22.4 Å². The lowest BCUT2D eigenvalue weighted by Crippen LogP contribution is -2.14. The van der Waals surface area contributed by atoms with Gasteiger partial charge in [0.2, 0.25) is 5.91 Å². The van der Waals surface area contributed by atoms with E-state index >= 15 is 0 Å². The van der Waals surface area contributed by atoms with Gasteiger partial charge in [0.15, 0.2) is 0 Å². The number of amides is 1. The fourth-order valence-electron chi connectivity index (χ4n) is 2.21. The highest BCUT2D eigenvalue weighted by Crippen LogP contribution is 2.39. The summed E-state index contributed by atoms with van der Waals surface area (Å²) in [5.41, 5.74) is 3.11. The van der Waals surface area contributed by atoms with Crippen molar-refractivity contribution in [1.82, 2.24) is 4.37 Å². The van der Waals surface area contributed by atoms with Crippen LogP contribution < -0.4 is 5.32 Å². The summed E-state index contributed by atoms with van der Waals surface area (Å²) in [6.45, 7) is 4.12. The molecule has 1 heterocycles. The number of nitrogens with zero attached hydrogens (tertiary/aromatic N) is 1. The molecule has 0 aliphatic heterocycles. The number of anilines is 1. The van der Waals surface area contributed by atoms with Crippen LogP contribution >= 0.6 is 11.5 Å². The lowest BCUT2D eigenvalue weighted by atomic mass is 10.1. The van der Waals surface area contributed by atoms with Gasteiger partial charge in [0.05, 0.1) is 5.69 Å². The number of rotatable bonds is 3. The van der Waals surface area contributed by atoms with Gasteiger partial charge in [0.25, 0.3) is 0 Å². The van der Waals surface area contributed by atoms with E-state index in [0.29, 0.717) is 5.92 Å². The number of carbonyl (C=O) groups is 1. The second kappa shape index (κ2) is 4.78. The SMILES string of the molecule is Cc1c(-c2ccccc2)nsc1NC(=O)C1CC1C. The highest BCUT2D eigenvalue weighted by Gasteiger charge is 2.39. The van der Waals surface area contributed by atoms with Crippen molar-refractivity contribution in [2.45, 2.75) is 20.3 Å². The zero-order valence-corrected chi connectivity index (χ0v) is 11.8. The largest absolute Gasteiger partial charge is 0.316 e. The van der Waals surface area contributed by atoms with Gasteiger partial charge < -0.3 is 5.32 Å². The van der Waals surface area contributed by atoms with Gasteiger partial charge in [0.1, 0.15) is 5.00 Å². The number of hydrogen-bond donors (Lipinski definition) is 1. The summed E-state index contributed by atoms with van der Waals surface area (Å²) in [5.74, 6) is 0.863. The van der Waals surface area contributed by atoms with Gasteiger partial charge in [-0.3, -0.25) is 4.79 Å². The first-order valence-electron chi connectivity index (χ1n) is 6.49. The van der Waals surface area contributed by atoms with Crippen LogP contribution in [0.2, 0.25) is 0 Å². The van der Waals surface area contributed by atoms with Crippen LogP contribution in [0.3, 0.4) is 0 Å². The van der Waals surface area contributed by atoms with Crippen LogP contribution in [0.25, 0.3) is 11.3 Å². The monoisotopic (exact) mass is 272 g/mol. The minimum atomic E-state index is 0.138. The van der Waals surface area contributed by atoms with Crippen LogP contribution in [0.1, 0.15) is 18.9 Å². The molecule has 0 spiro atoms. The Morgan fingerprint density at radius 1 is 1.37 bits per heavy atom. The zero-order valence-electron chi connectivity index (χ0n) is 11.0.